The van der Waals surface area contributed by atoms with Crippen molar-refractivity contribution < 1.29 is 17.6 Å². The van der Waals surface area contributed by atoms with Crippen LogP contribution in [-0.2, 0) is 14.8 Å². The zero-order valence-electron chi connectivity index (χ0n) is 19.9. The smallest absolute Gasteiger partial charge is 0.247 e. The molecule has 2 aromatic carbocycles. The molecule has 0 bridgehead atoms. The molecule has 1 aliphatic rings. The minimum absolute atomic E-state index is 0.0250. The first kappa shape index (κ1) is 26.0. The van der Waals surface area contributed by atoms with Gasteiger partial charge in [-0.15, -0.1) is 0 Å². The molecule has 0 spiro atoms. The van der Waals surface area contributed by atoms with Crippen molar-refractivity contribution in [2.45, 2.75) is 37.1 Å². The molecule has 0 N–H and O–H groups in total. The minimum Gasteiger partial charge on any atom is -0.309 e. The number of carbonyl (C=O) groups is 1. The molecule has 2 heterocycles. The van der Waals surface area contributed by atoms with Crippen LogP contribution in [0.1, 0.15) is 24.8 Å². The van der Waals surface area contributed by atoms with Gasteiger partial charge in [0.2, 0.25) is 15.9 Å². The van der Waals surface area contributed by atoms with Gasteiger partial charge in [0.25, 0.3) is 0 Å². The molecule has 1 aromatic heterocycles. The third-order valence-electron chi connectivity index (χ3n) is 6.13. The Hall–Kier alpha value is -2.11. The van der Waals surface area contributed by atoms with Crippen LogP contribution in [0.15, 0.2) is 41.3 Å². The van der Waals surface area contributed by atoms with E-state index in [4.69, 9.17) is 16.6 Å². The van der Waals surface area contributed by atoms with E-state index in [-0.39, 0.29) is 17.3 Å². The van der Waals surface area contributed by atoms with Crippen LogP contribution < -0.4 is 4.90 Å². The molecule has 11 heteroatoms. The lowest BCUT2D eigenvalue weighted by Crippen LogP contribution is -2.48. The summed E-state index contributed by atoms with van der Waals surface area (Å²) >= 11 is 7.67. The Labute approximate surface area is 214 Å². The predicted molar refractivity (Wildman–Crippen MR) is 138 cm³/mol. The molecule has 4 rings (SSSR count). The highest BCUT2D eigenvalue weighted by Gasteiger charge is 2.42. The maximum absolute atomic E-state index is 13.9. The summed E-state index contributed by atoms with van der Waals surface area (Å²) in [5, 5.41) is 1.13. The highest BCUT2D eigenvalue weighted by atomic mass is 35.5. The Kier molecular flexibility index (Phi) is 7.77. The Morgan fingerprint density at radius 1 is 1.20 bits per heavy atom. The van der Waals surface area contributed by atoms with Gasteiger partial charge in [0.1, 0.15) is 11.9 Å². The predicted octanol–water partition coefficient (Wildman–Crippen LogP) is 4.54. The topological polar surface area (TPSA) is 73.8 Å². The van der Waals surface area contributed by atoms with Crippen LogP contribution >= 0.6 is 22.9 Å². The number of aromatic nitrogens is 1. The fraction of sp³-hybridized carbons (Fsp3) is 0.417. The lowest BCUT2D eigenvalue weighted by molar-refractivity contribution is -0.121. The van der Waals surface area contributed by atoms with Crippen molar-refractivity contribution in [2.75, 3.05) is 38.6 Å². The molecule has 3 aromatic rings. The second-order valence-corrected chi connectivity index (χ2v) is 12.2. The first-order valence-corrected chi connectivity index (χ1v) is 14.0. The molecule has 1 saturated heterocycles. The third kappa shape index (κ3) is 5.36. The van der Waals surface area contributed by atoms with Crippen LogP contribution in [0.2, 0.25) is 5.02 Å². The molecular formula is C24H28ClFN4O3S2. The number of amides is 1. The highest BCUT2D eigenvalue weighted by Crippen LogP contribution is 2.35. The van der Waals surface area contributed by atoms with Crippen LogP contribution in [-0.4, -0.2) is 68.3 Å². The van der Waals surface area contributed by atoms with Crippen LogP contribution in [0, 0.1) is 12.7 Å². The van der Waals surface area contributed by atoms with Crippen molar-refractivity contribution in [1.82, 2.24) is 14.2 Å². The fourth-order valence-corrected chi connectivity index (χ4v) is 7.11. The molecular weight excluding hydrogens is 511 g/mol. The average molecular weight is 539 g/mol. The maximum atomic E-state index is 13.9. The van der Waals surface area contributed by atoms with Crippen molar-refractivity contribution in [3.05, 3.63) is 52.8 Å². The van der Waals surface area contributed by atoms with Gasteiger partial charge in [-0.1, -0.05) is 22.9 Å². The first-order valence-electron chi connectivity index (χ1n) is 11.4. The molecule has 1 unspecified atom stereocenters. The van der Waals surface area contributed by atoms with E-state index in [0.717, 1.165) is 34.5 Å². The van der Waals surface area contributed by atoms with Crippen LogP contribution in [0.4, 0.5) is 9.52 Å². The number of anilines is 1. The quantitative estimate of drug-likeness (QED) is 0.421. The lowest BCUT2D eigenvalue weighted by Gasteiger charge is -2.29. The normalized spacial score (nSPS) is 16.9. The van der Waals surface area contributed by atoms with Gasteiger partial charge in [0.15, 0.2) is 5.13 Å². The first-order chi connectivity index (χ1) is 16.6. The van der Waals surface area contributed by atoms with Crippen LogP contribution in [0.3, 0.4) is 0 Å². The molecule has 0 saturated carbocycles. The summed E-state index contributed by atoms with van der Waals surface area (Å²) in [7, 11) is -0.0368. The summed E-state index contributed by atoms with van der Waals surface area (Å²) in [6.45, 7) is 3.29. The third-order valence-corrected chi connectivity index (χ3v) is 9.50. The summed E-state index contributed by atoms with van der Waals surface area (Å²) in [4.78, 5) is 22.2. The van der Waals surface area contributed by atoms with Crippen LogP contribution in [0.5, 0.6) is 0 Å². The number of hydrogen-bond acceptors (Lipinski definition) is 6. The number of thiazole rings is 1. The number of hydrogen-bond donors (Lipinski definition) is 0. The standard InChI is InChI=1S/C24H28ClFN4O3S2/c1-16-19(25)11-12-21-22(16)27-24(34-21)29(14-5-13-28(2)3)23(31)20-6-4-15-30(20)35(32,33)18-9-7-17(26)8-10-18/h7-12,20H,4-6,13-15H2,1-3H3. The Morgan fingerprint density at radius 2 is 1.91 bits per heavy atom. The Balaban J connectivity index is 1.68. The van der Waals surface area contributed by atoms with E-state index in [1.54, 1.807) is 4.90 Å². The largest absolute Gasteiger partial charge is 0.309 e. The van der Waals surface area contributed by atoms with Gasteiger partial charge in [-0.2, -0.15) is 4.31 Å². The van der Waals surface area contributed by atoms with Crippen molar-refractivity contribution in [3.63, 3.8) is 0 Å². The van der Waals surface area contributed by atoms with Crippen molar-refractivity contribution in [3.8, 4) is 0 Å². The second kappa shape index (κ2) is 10.5. The Bertz CT molecular complexity index is 1330. The van der Waals surface area contributed by atoms with Gasteiger partial charge in [-0.05, 0) is 88.8 Å². The number of fused-ring (bicyclic) bond motifs is 1. The second-order valence-electron chi connectivity index (χ2n) is 8.89. The summed E-state index contributed by atoms with van der Waals surface area (Å²) in [5.74, 6) is -0.814. The number of carbonyl (C=O) groups excluding carboxylic acids is 1. The minimum atomic E-state index is -3.96. The van der Waals surface area contributed by atoms with Gasteiger partial charge >= 0.3 is 0 Å². The summed E-state index contributed by atoms with van der Waals surface area (Å²) < 4.78 is 42.2. The molecule has 0 aliphatic carbocycles. The number of sulfonamides is 1. The molecule has 1 aliphatic heterocycles. The van der Waals surface area contributed by atoms with E-state index < -0.39 is 21.9 Å². The molecule has 1 fully saturated rings. The molecule has 1 amide bonds. The van der Waals surface area contributed by atoms with E-state index in [9.17, 15) is 17.6 Å². The van der Waals surface area contributed by atoms with E-state index in [2.05, 4.69) is 0 Å². The van der Waals surface area contributed by atoms with Gasteiger partial charge in [-0.25, -0.2) is 17.8 Å². The van der Waals surface area contributed by atoms with Crippen molar-refractivity contribution in [1.29, 1.82) is 0 Å². The molecule has 7 nitrogen and oxygen atoms in total. The molecule has 1 atom stereocenters. The van der Waals surface area contributed by atoms with Gasteiger partial charge in [0, 0.05) is 18.1 Å². The van der Waals surface area contributed by atoms with Crippen LogP contribution in [0.25, 0.3) is 10.2 Å². The lowest BCUT2D eigenvalue weighted by atomic mass is 10.2. The summed E-state index contributed by atoms with van der Waals surface area (Å²) in [5.41, 5.74) is 1.58. The van der Waals surface area contributed by atoms with E-state index in [1.165, 1.54) is 27.8 Å². The molecule has 188 valence electrons. The molecule has 0 radical (unpaired) electrons. The average Bonchev–Trinajstić information content (AvgIpc) is 3.47. The zero-order valence-corrected chi connectivity index (χ0v) is 22.3. The van der Waals surface area contributed by atoms with E-state index in [1.807, 2.05) is 38.1 Å². The molecule has 35 heavy (non-hydrogen) atoms. The SMILES string of the molecule is Cc1c(Cl)ccc2sc(N(CCCN(C)C)C(=O)C3CCCN3S(=O)(=O)c3ccc(F)cc3)nc12. The number of rotatable bonds is 8. The Morgan fingerprint density at radius 3 is 2.60 bits per heavy atom. The van der Waals surface area contributed by atoms with Gasteiger partial charge < -0.3 is 4.90 Å². The van der Waals surface area contributed by atoms with Gasteiger partial charge in [0.05, 0.1) is 15.1 Å². The fourth-order valence-electron chi connectivity index (χ4n) is 4.25. The van der Waals surface area contributed by atoms with Crippen molar-refractivity contribution in [2.24, 2.45) is 0 Å². The maximum Gasteiger partial charge on any atom is 0.247 e. The van der Waals surface area contributed by atoms with Gasteiger partial charge in [-0.3, -0.25) is 9.69 Å². The zero-order chi connectivity index (χ0) is 25.3. The summed E-state index contributed by atoms with van der Waals surface area (Å²) in [6.07, 6.45) is 1.68. The number of benzene rings is 2. The number of halogens is 2. The number of aryl methyl sites for hydroxylation is 1. The van der Waals surface area contributed by atoms with E-state index >= 15 is 0 Å². The van der Waals surface area contributed by atoms with Crippen molar-refractivity contribution >= 4 is 54.2 Å². The summed E-state index contributed by atoms with van der Waals surface area (Å²) in [6, 6.07) is 7.55. The number of nitrogens with zero attached hydrogens (tertiary/aromatic N) is 4. The highest BCUT2D eigenvalue weighted by molar-refractivity contribution is 7.89. The monoisotopic (exact) mass is 538 g/mol. The van der Waals surface area contributed by atoms with E-state index in [0.29, 0.717) is 36.0 Å².